The zero-order valence-corrected chi connectivity index (χ0v) is 15.1. The number of carbonyl (C=O) groups is 1. The minimum atomic E-state index is -0.385. The van der Waals surface area contributed by atoms with Gasteiger partial charge in [0.2, 0.25) is 0 Å². The molecule has 2 heterocycles. The second kappa shape index (κ2) is 5.46. The average molecular weight is 349 g/mol. The highest BCUT2D eigenvalue weighted by Crippen LogP contribution is 2.42. The Morgan fingerprint density at radius 1 is 1.15 bits per heavy atom. The predicted molar refractivity (Wildman–Crippen MR) is 97.9 cm³/mol. The highest BCUT2D eigenvalue weighted by Gasteiger charge is 2.30. The molecule has 0 bridgehead atoms. The van der Waals surface area contributed by atoms with E-state index in [1.165, 1.54) is 0 Å². The van der Waals surface area contributed by atoms with Crippen LogP contribution in [0.5, 0.6) is 11.7 Å². The summed E-state index contributed by atoms with van der Waals surface area (Å²) in [7, 11) is 1.59. The van der Waals surface area contributed by atoms with E-state index >= 15 is 0 Å². The van der Waals surface area contributed by atoms with Gasteiger partial charge in [0.1, 0.15) is 11.3 Å². The number of furan rings is 1. The number of para-hydroxylation sites is 1. The van der Waals surface area contributed by atoms with Gasteiger partial charge in [-0.2, -0.15) is 0 Å². The maximum absolute atomic E-state index is 12.6. The first-order chi connectivity index (χ1) is 12.3. The zero-order chi connectivity index (χ0) is 18.6. The lowest BCUT2D eigenvalue weighted by Gasteiger charge is -2.20. The van der Waals surface area contributed by atoms with Gasteiger partial charge in [-0.15, -0.1) is 0 Å². The minimum absolute atomic E-state index is 0.235. The van der Waals surface area contributed by atoms with Crippen LogP contribution >= 0.6 is 0 Å². The van der Waals surface area contributed by atoms with E-state index in [0.29, 0.717) is 38.4 Å². The minimum Gasteiger partial charge on any atom is -0.497 e. The number of rotatable bonds is 2. The highest BCUT2D eigenvalue weighted by atomic mass is 16.5. The number of hydrogen-bond donors (Lipinski definition) is 1. The van der Waals surface area contributed by atoms with E-state index in [2.05, 4.69) is 25.8 Å². The first-order valence-electron chi connectivity index (χ1n) is 8.38. The van der Waals surface area contributed by atoms with E-state index in [1.807, 2.05) is 24.3 Å². The van der Waals surface area contributed by atoms with Crippen LogP contribution in [0.4, 0.5) is 0 Å². The molecule has 0 saturated heterocycles. The Morgan fingerprint density at radius 3 is 2.58 bits per heavy atom. The Balaban J connectivity index is 2.16. The number of benzene rings is 2. The number of nitrogens with zero attached hydrogens (tertiary/aromatic N) is 1. The third-order valence-corrected chi connectivity index (χ3v) is 4.65. The Kier molecular flexibility index (Phi) is 3.44. The van der Waals surface area contributed by atoms with Crippen molar-refractivity contribution in [2.45, 2.75) is 26.2 Å². The highest BCUT2D eigenvalue weighted by molar-refractivity contribution is 6.24. The summed E-state index contributed by atoms with van der Waals surface area (Å²) in [4.78, 5) is 16.7. The predicted octanol–water partition coefficient (Wildman–Crippen LogP) is 2.80. The van der Waals surface area contributed by atoms with Gasteiger partial charge >= 0.3 is 0 Å². The van der Waals surface area contributed by atoms with Gasteiger partial charge < -0.3 is 14.3 Å². The second-order valence-corrected chi connectivity index (χ2v) is 7.39. The van der Waals surface area contributed by atoms with Gasteiger partial charge in [-0.3, -0.25) is 4.79 Å². The van der Waals surface area contributed by atoms with Crippen LogP contribution in [-0.4, -0.2) is 18.1 Å². The van der Waals surface area contributed by atoms with Gasteiger partial charge in [0.25, 0.3) is 11.9 Å². The summed E-state index contributed by atoms with van der Waals surface area (Å²) in [6.07, 6.45) is 0. The van der Waals surface area contributed by atoms with Crippen molar-refractivity contribution in [1.82, 2.24) is 0 Å². The van der Waals surface area contributed by atoms with Crippen molar-refractivity contribution in [1.29, 1.82) is 0 Å². The summed E-state index contributed by atoms with van der Waals surface area (Å²) in [6, 6.07) is 10.9. The fourth-order valence-corrected chi connectivity index (χ4v) is 3.38. The number of carbonyl (C=O) groups excluding carboxylic acids is 1. The van der Waals surface area contributed by atoms with Gasteiger partial charge in [-0.25, -0.2) is 4.99 Å². The Hall–Kier alpha value is -3.08. The summed E-state index contributed by atoms with van der Waals surface area (Å²) in [5.74, 6) is -0.0286. The quantitative estimate of drug-likeness (QED) is 0.772. The third kappa shape index (κ3) is 2.31. The lowest BCUT2D eigenvalue weighted by Crippen LogP contribution is -2.22. The van der Waals surface area contributed by atoms with E-state index in [4.69, 9.17) is 9.15 Å². The monoisotopic (exact) mass is 349 g/mol. The van der Waals surface area contributed by atoms with E-state index < -0.39 is 0 Å². The lowest BCUT2D eigenvalue weighted by atomic mass is 9.85. The average Bonchev–Trinajstić information content (AvgIpc) is 3.07. The molecular weight excluding hydrogens is 330 g/mol. The van der Waals surface area contributed by atoms with Crippen molar-refractivity contribution in [2.24, 2.45) is 4.99 Å². The van der Waals surface area contributed by atoms with E-state index in [0.717, 1.165) is 5.56 Å². The topological polar surface area (TPSA) is 72.0 Å². The summed E-state index contributed by atoms with van der Waals surface area (Å²) in [6.45, 7) is 6.16. The molecule has 3 aromatic rings. The first kappa shape index (κ1) is 16.4. The van der Waals surface area contributed by atoms with E-state index in [1.54, 1.807) is 19.2 Å². The maximum atomic E-state index is 12.6. The largest absolute Gasteiger partial charge is 0.497 e. The van der Waals surface area contributed by atoms with Crippen molar-refractivity contribution in [2.75, 3.05) is 7.11 Å². The van der Waals surface area contributed by atoms with Gasteiger partial charge in [0, 0.05) is 16.2 Å². The Morgan fingerprint density at radius 2 is 1.88 bits per heavy atom. The molecule has 0 fully saturated rings. The summed E-state index contributed by atoms with van der Waals surface area (Å²) < 4.78 is 11.2. The molecule has 132 valence electrons. The third-order valence-electron chi connectivity index (χ3n) is 4.65. The van der Waals surface area contributed by atoms with E-state index in [-0.39, 0.29) is 17.3 Å². The molecule has 1 aliphatic rings. The zero-order valence-electron chi connectivity index (χ0n) is 15.1. The SMILES string of the molecule is COc1cc(C(C)(C)C)c2oc(O)c(C3=c4ccccc4=NC3=O)c2c1. The van der Waals surface area contributed by atoms with Gasteiger partial charge in [-0.1, -0.05) is 39.0 Å². The maximum Gasteiger partial charge on any atom is 0.291 e. The fraction of sp³-hybridized carbons (Fsp3) is 0.238. The van der Waals surface area contributed by atoms with Crippen molar-refractivity contribution in [3.63, 3.8) is 0 Å². The molecule has 0 spiro atoms. The Bertz CT molecular complexity index is 1180. The molecule has 0 saturated carbocycles. The number of amides is 1. The summed E-state index contributed by atoms with van der Waals surface area (Å²) in [5.41, 5.74) is 1.93. The van der Waals surface area contributed by atoms with Gasteiger partial charge in [-0.05, 0) is 23.6 Å². The van der Waals surface area contributed by atoms with Crippen LogP contribution in [0.15, 0.2) is 45.8 Å². The number of hydrogen-bond acceptors (Lipinski definition) is 4. The van der Waals surface area contributed by atoms with Gasteiger partial charge in [0.15, 0.2) is 0 Å². The Labute approximate surface area is 150 Å². The standard InChI is InChI=1S/C21H19NO4/c1-21(2,3)14-10-11(25-4)9-13-17(20(24)26-18(13)14)16-12-7-5-6-8-15(12)22-19(16)23/h5-10,24H,1-4H3. The molecule has 1 aromatic heterocycles. The first-order valence-corrected chi connectivity index (χ1v) is 8.38. The lowest BCUT2D eigenvalue weighted by molar-refractivity contribution is -0.112. The molecule has 26 heavy (non-hydrogen) atoms. The normalized spacial score (nSPS) is 13.8. The molecule has 0 unspecified atom stereocenters. The van der Waals surface area contributed by atoms with Crippen LogP contribution in [-0.2, 0) is 10.2 Å². The molecule has 1 aliphatic heterocycles. The molecule has 5 heteroatoms. The van der Waals surface area contributed by atoms with Crippen molar-refractivity contribution < 1.29 is 19.1 Å². The van der Waals surface area contributed by atoms with Crippen LogP contribution in [0.3, 0.4) is 0 Å². The van der Waals surface area contributed by atoms with Crippen LogP contribution < -0.4 is 15.3 Å². The molecule has 1 N–H and O–H groups in total. The van der Waals surface area contributed by atoms with E-state index in [9.17, 15) is 9.90 Å². The molecule has 0 atom stereocenters. The molecule has 0 aliphatic carbocycles. The molecular formula is C21H19NO4. The smallest absolute Gasteiger partial charge is 0.291 e. The number of aromatic hydroxyl groups is 1. The van der Waals surface area contributed by atoms with Crippen LogP contribution in [0.25, 0.3) is 16.5 Å². The number of methoxy groups -OCH3 is 1. The number of ether oxygens (including phenoxy) is 1. The molecule has 0 radical (unpaired) electrons. The van der Waals surface area contributed by atoms with Crippen molar-refractivity contribution in [3.05, 3.63) is 58.1 Å². The van der Waals surface area contributed by atoms with Gasteiger partial charge in [0.05, 0.1) is 23.6 Å². The number of fused-ring (bicyclic) bond motifs is 2. The van der Waals surface area contributed by atoms with Crippen molar-refractivity contribution >= 4 is 22.4 Å². The van der Waals surface area contributed by atoms with Crippen molar-refractivity contribution in [3.8, 4) is 11.7 Å². The fourth-order valence-electron chi connectivity index (χ4n) is 3.38. The molecule has 4 rings (SSSR count). The summed E-state index contributed by atoms with van der Waals surface area (Å²) in [5, 5.41) is 12.5. The van der Waals surface area contributed by atoms with Crippen LogP contribution in [0, 0.1) is 0 Å². The van der Waals surface area contributed by atoms with Crippen LogP contribution in [0.1, 0.15) is 31.9 Å². The molecule has 2 aromatic carbocycles. The van der Waals surface area contributed by atoms with Crippen LogP contribution in [0.2, 0.25) is 0 Å². The molecule has 5 nitrogen and oxygen atoms in total. The second-order valence-electron chi connectivity index (χ2n) is 7.39. The molecule has 1 amide bonds. The summed E-state index contributed by atoms with van der Waals surface area (Å²) >= 11 is 0.